The van der Waals surface area contributed by atoms with E-state index in [9.17, 15) is 4.39 Å². The monoisotopic (exact) mass is 313 g/mol. The van der Waals surface area contributed by atoms with Crippen LogP contribution in [0, 0.1) is 5.82 Å². The third kappa shape index (κ3) is 3.72. The first-order valence-corrected chi connectivity index (χ1v) is 7.64. The van der Waals surface area contributed by atoms with Gasteiger partial charge in [0, 0.05) is 29.0 Å². The number of nitrogens with one attached hydrogen (secondary N) is 1. The Labute approximate surface area is 127 Å². The summed E-state index contributed by atoms with van der Waals surface area (Å²) >= 11 is 7.47. The minimum Gasteiger partial charge on any atom is -0.497 e. The highest BCUT2D eigenvalue weighted by atomic mass is 35.5. The van der Waals surface area contributed by atoms with Crippen LogP contribution >= 0.6 is 22.9 Å². The van der Waals surface area contributed by atoms with Crippen LogP contribution in [0.3, 0.4) is 0 Å². The van der Waals surface area contributed by atoms with E-state index in [1.54, 1.807) is 12.1 Å². The molecular formula is C15H17ClFNOS. The predicted octanol–water partition coefficient (Wildman–Crippen LogP) is 4.44. The van der Waals surface area contributed by atoms with Crippen molar-refractivity contribution in [1.29, 1.82) is 0 Å². The number of halogens is 2. The van der Waals surface area contributed by atoms with E-state index >= 15 is 0 Å². The summed E-state index contributed by atoms with van der Waals surface area (Å²) in [5.74, 6) is 0.276. The van der Waals surface area contributed by atoms with Gasteiger partial charge in [-0.25, -0.2) is 4.39 Å². The Morgan fingerprint density at radius 2 is 2.15 bits per heavy atom. The molecule has 5 heteroatoms. The van der Waals surface area contributed by atoms with E-state index in [0.29, 0.717) is 17.7 Å². The summed E-state index contributed by atoms with van der Waals surface area (Å²) in [4.78, 5) is 1.14. The molecule has 1 unspecified atom stereocenters. The lowest BCUT2D eigenvalue weighted by atomic mass is 10.0. The van der Waals surface area contributed by atoms with Crippen LogP contribution in [0.5, 0.6) is 5.75 Å². The third-order valence-electron chi connectivity index (χ3n) is 3.07. The third-order valence-corrected chi connectivity index (χ3v) is 4.32. The fourth-order valence-corrected chi connectivity index (χ4v) is 3.25. The summed E-state index contributed by atoms with van der Waals surface area (Å²) in [6, 6.07) is 8.76. The average Bonchev–Trinajstić information content (AvgIpc) is 2.83. The molecule has 108 valence electrons. The van der Waals surface area contributed by atoms with Crippen molar-refractivity contribution >= 4 is 22.9 Å². The first kappa shape index (κ1) is 15.3. The SMILES string of the molecule is CCNC(Cc1ccc(Cl)s1)c1ccc(OC)cc1F. The second-order valence-electron chi connectivity index (χ2n) is 4.41. The first-order valence-electron chi connectivity index (χ1n) is 6.45. The van der Waals surface area contributed by atoms with Crippen LogP contribution < -0.4 is 10.1 Å². The van der Waals surface area contributed by atoms with Gasteiger partial charge in [-0.15, -0.1) is 11.3 Å². The second kappa shape index (κ2) is 7.07. The van der Waals surface area contributed by atoms with Gasteiger partial charge in [0.05, 0.1) is 11.4 Å². The van der Waals surface area contributed by atoms with E-state index in [2.05, 4.69) is 5.32 Å². The van der Waals surface area contributed by atoms with Crippen LogP contribution in [0.25, 0.3) is 0 Å². The molecule has 2 aromatic rings. The van der Waals surface area contributed by atoms with E-state index in [4.69, 9.17) is 16.3 Å². The zero-order valence-electron chi connectivity index (χ0n) is 11.5. The summed E-state index contributed by atoms with van der Waals surface area (Å²) in [5, 5.41) is 3.32. The van der Waals surface area contributed by atoms with Gasteiger partial charge in [-0.3, -0.25) is 0 Å². The normalized spacial score (nSPS) is 12.4. The molecule has 0 amide bonds. The number of benzene rings is 1. The number of methoxy groups -OCH3 is 1. The second-order valence-corrected chi connectivity index (χ2v) is 6.21. The van der Waals surface area contributed by atoms with Crippen molar-refractivity contribution in [3.05, 3.63) is 50.9 Å². The Morgan fingerprint density at radius 3 is 2.70 bits per heavy atom. The lowest BCUT2D eigenvalue weighted by Gasteiger charge is -2.18. The molecule has 0 aliphatic rings. The van der Waals surface area contributed by atoms with E-state index < -0.39 is 0 Å². The first-order chi connectivity index (χ1) is 9.63. The Bertz CT molecular complexity index is 573. The summed E-state index contributed by atoms with van der Waals surface area (Å²) in [5.41, 5.74) is 0.650. The maximum absolute atomic E-state index is 14.2. The molecular weight excluding hydrogens is 297 g/mol. The van der Waals surface area contributed by atoms with Gasteiger partial charge in [0.15, 0.2) is 0 Å². The van der Waals surface area contributed by atoms with Crippen molar-refractivity contribution in [2.24, 2.45) is 0 Å². The molecule has 0 radical (unpaired) electrons. The zero-order valence-corrected chi connectivity index (χ0v) is 13.0. The molecule has 1 atom stereocenters. The number of hydrogen-bond donors (Lipinski definition) is 1. The van der Waals surface area contributed by atoms with Crippen LogP contribution in [0.4, 0.5) is 4.39 Å². The van der Waals surface area contributed by atoms with Gasteiger partial charge < -0.3 is 10.1 Å². The van der Waals surface area contributed by atoms with Crippen LogP contribution in [0.1, 0.15) is 23.4 Å². The lowest BCUT2D eigenvalue weighted by Crippen LogP contribution is -2.23. The van der Waals surface area contributed by atoms with Gasteiger partial charge in [0.25, 0.3) is 0 Å². The molecule has 1 aromatic heterocycles. The maximum atomic E-state index is 14.2. The van der Waals surface area contributed by atoms with Crippen LogP contribution in [0.2, 0.25) is 4.34 Å². The minimum absolute atomic E-state index is 0.0689. The maximum Gasteiger partial charge on any atom is 0.131 e. The highest BCUT2D eigenvalue weighted by Crippen LogP contribution is 2.29. The van der Waals surface area contributed by atoms with Gasteiger partial charge in [0.1, 0.15) is 11.6 Å². The number of thiophene rings is 1. The van der Waals surface area contributed by atoms with Crippen molar-refractivity contribution < 1.29 is 9.13 Å². The summed E-state index contributed by atoms with van der Waals surface area (Å²) in [6.07, 6.45) is 0.717. The summed E-state index contributed by atoms with van der Waals surface area (Å²) in [7, 11) is 1.53. The Morgan fingerprint density at radius 1 is 1.35 bits per heavy atom. The fraction of sp³-hybridized carbons (Fsp3) is 0.333. The number of likely N-dealkylation sites (N-methyl/N-ethyl adjacent to an activating group) is 1. The molecule has 1 heterocycles. The van der Waals surface area contributed by atoms with Crippen molar-refractivity contribution in [2.45, 2.75) is 19.4 Å². The van der Waals surface area contributed by atoms with Crippen molar-refractivity contribution in [2.75, 3.05) is 13.7 Å². The predicted molar refractivity (Wildman–Crippen MR) is 82.4 cm³/mol. The minimum atomic E-state index is -0.252. The molecule has 0 aliphatic heterocycles. The quantitative estimate of drug-likeness (QED) is 0.851. The molecule has 20 heavy (non-hydrogen) atoms. The van der Waals surface area contributed by atoms with Crippen molar-refractivity contribution in [1.82, 2.24) is 5.32 Å². The molecule has 0 spiro atoms. The fourth-order valence-electron chi connectivity index (χ4n) is 2.12. The van der Waals surface area contributed by atoms with Gasteiger partial charge >= 0.3 is 0 Å². The molecule has 0 aliphatic carbocycles. The molecule has 0 saturated carbocycles. The Balaban J connectivity index is 2.23. The number of rotatable bonds is 6. The molecule has 0 fully saturated rings. The van der Waals surface area contributed by atoms with E-state index in [-0.39, 0.29) is 11.9 Å². The Hall–Kier alpha value is -1.10. The van der Waals surface area contributed by atoms with Crippen LogP contribution in [-0.4, -0.2) is 13.7 Å². The highest BCUT2D eigenvalue weighted by Gasteiger charge is 2.17. The average molecular weight is 314 g/mol. The van der Waals surface area contributed by atoms with Crippen molar-refractivity contribution in [3.63, 3.8) is 0 Å². The summed E-state index contributed by atoms with van der Waals surface area (Å²) < 4.78 is 20.0. The lowest BCUT2D eigenvalue weighted by molar-refractivity contribution is 0.409. The summed E-state index contributed by atoms with van der Waals surface area (Å²) in [6.45, 7) is 2.78. The molecule has 1 aromatic carbocycles. The molecule has 2 nitrogen and oxygen atoms in total. The van der Waals surface area contributed by atoms with Gasteiger partial charge in [-0.1, -0.05) is 24.6 Å². The molecule has 0 saturated heterocycles. The van der Waals surface area contributed by atoms with Crippen LogP contribution in [-0.2, 0) is 6.42 Å². The number of ether oxygens (including phenoxy) is 1. The van der Waals surface area contributed by atoms with E-state index in [1.807, 2.05) is 19.1 Å². The van der Waals surface area contributed by atoms with E-state index in [1.165, 1.54) is 24.5 Å². The highest BCUT2D eigenvalue weighted by molar-refractivity contribution is 7.16. The Kier molecular flexibility index (Phi) is 5.40. The molecule has 1 N–H and O–H groups in total. The molecule has 2 rings (SSSR count). The van der Waals surface area contributed by atoms with Crippen molar-refractivity contribution in [3.8, 4) is 5.75 Å². The van der Waals surface area contributed by atoms with Crippen LogP contribution in [0.15, 0.2) is 30.3 Å². The largest absolute Gasteiger partial charge is 0.497 e. The smallest absolute Gasteiger partial charge is 0.131 e. The topological polar surface area (TPSA) is 21.3 Å². The molecule has 0 bridgehead atoms. The standard InChI is InChI=1S/C15H17ClFNOS/c1-3-18-14(9-11-5-7-15(16)20-11)12-6-4-10(19-2)8-13(12)17/h4-8,14,18H,3,9H2,1-2H3. The number of hydrogen-bond acceptors (Lipinski definition) is 3. The van der Waals surface area contributed by atoms with Gasteiger partial charge in [0.2, 0.25) is 0 Å². The van der Waals surface area contributed by atoms with E-state index in [0.717, 1.165) is 15.8 Å². The zero-order chi connectivity index (χ0) is 14.5. The van der Waals surface area contributed by atoms with Gasteiger partial charge in [-0.2, -0.15) is 0 Å². The van der Waals surface area contributed by atoms with Gasteiger partial charge in [-0.05, 0) is 24.7 Å².